The fourth-order valence-corrected chi connectivity index (χ4v) is 4.87. The van der Waals surface area contributed by atoms with E-state index in [0.29, 0.717) is 32.5 Å². The number of halogens is 3. The van der Waals surface area contributed by atoms with E-state index >= 15 is 0 Å². The molecule has 1 fully saturated rings. The van der Waals surface area contributed by atoms with E-state index in [0.717, 1.165) is 0 Å². The van der Waals surface area contributed by atoms with Crippen molar-refractivity contribution in [1.82, 2.24) is 4.90 Å². The predicted molar refractivity (Wildman–Crippen MR) is 140 cm³/mol. The molecule has 3 aromatic carbocycles. The van der Waals surface area contributed by atoms with Crippen LogP contribution in [-0.4, -0.2) is 36.1 Å². The van der Waals surface area contributed by atoms with Crippen LogP contribution < -0.4 is 4.74 Å². The molecule has 10 heteroatoms. The number of aliphatic imine (C=N–C) groups is 1. The van der Waals surface area contributed by atoms with Crippen molar-refractivity contribution < 1.29 is 23.5 Å². The summed E-state index contributed by atoms with van der Waals surface area (Å²) in [6.07, 6.45) is 1.66. The Morgan fingerprint density at radius 3 is 2.42 bits per heavy atom. The molecule has 0 unspecified atom stereocenters. The molecular weight excluding hydrogens is 526 g/mol. The van der Waals surface area contributed by atoms with Gasteiger partial charge in [0.2, 0.25) is 0 Å². The van der Waals surface area contributed by atoms with Gasteiger partial charge in [0.25, 0.3) is 5.91 Å². The smallest absolute Gasteiger partial charge is 0.337 e. The third-order valence-corrected chi connectivity index (χ3v) is 6.79. The van der Waals surface area contributed by atoms with Crippen LogP contribution in [0.4, 0.5) is 10.1 Å². The van der Waals surface area contributed by atoms with E-state index < -0.39 is 5.97 Å². The molecule has 1 aliphatic rings. The minimum atomic E-state index is -0.442. The molecule has 1 heterocycles. The highest BCUT2D eigenvalue weighted by Gasteiger charge is 2.30. The second kappa shape index (κ2) is 11.2. The first-order valence-electron chi connectivity index (χ1n) is 10.6. The second-order valence-corrected chi connectivity index (χ2v) is 9.42. The molecule has 0 aromatic heterocycles. The molecule has 36 heavy (non-hydrogen) atoms. The molecule has 0 bridgehead atoms. The summed E-state index contributed by atoms with van der Waals surface area (Å²) in [6, 6.07) is 16.0. The van der Waals surface area contributed by atoms with Crippen molar-refractivity contribution in [3.8, 4) is 5.75 Å². The van der Waals surface area contributed by atoms with Crippen molar-refractivity contribution in [2.24, 2.45) is 4.99 Å². The highest BCUT2D eigenvalue weighted by atomic mass is 35.5. The summed E-state index contributed by atoms with van der Waals surface area (Å²) >= 11 is 14.0. The fourth-order valence-electron chi connectivity index (χ4n) is 3.27. The van der Waals surface area contributed by atoms with Gasteiger partial charge < -0.3 is 9.47 Å². The lowest BCUT2D eigenvalue weighted by atomic mass is 10.2. The number of methoxy groups -OCH3 is 1. The number of benzene rings is 3. The summed E-state index contributed by atoms with van der Waals surface area (Å²) < 4.78 is 24.2. The van der Waals surface area contributed by atoms with Gasteiger partial charge in [-0.1, -0.05) is 41.4 Å². The van der Waals surface area contributed by atoms with Crippen molar-refractivity contribution in [3.05, 3.63) is 98.1 Å². The van der Waals surface area contributed by atoms with E-state index in [-0.39, 0.29) is 34.1 Å². The standard InChI is InChI=1S/C26H19Cl2FN2O4S/c1-31-24(32)22(36-26(31)30-18-9-7-16(8-10-18)25(33)34-2)13-15-11-19(27)23(20(28)12-15)35-14-17-5-3-4-6-21(17)29/h3-13H,14H2,1-2H3/b22-13-,30-26?. The first-order chi connectivity index (χ1) is 17.3. The number of rotatable bonds is 6. The summed E-state index contributed by atoms with van der Waals surface area (Å²) in [5.74, 6) is -0.840. The van der Waals surface area contributed by atoms with Crippen LogP contribution in [0.2, 0.25) is 10.0 Å². The first-order valence-corrected chi connectivity index (χ1v) is 12.1. The maximum atomic E-state index is 13.9. The molecule has 6 nitrogen and oxygen atoms in total. The molecule has 0 N–H and O–H groups in total. The number of esters is 1. The monoisotopic (exact) mass is 544 g/mol. The quantitative estimate of drug-likeness (QED) is 0.254. The van der Waals surface area contributed by atoms with E-state index in [9.17, 15) is 14.0 Å². The van der Waals surface area contributed by atoms with Gasteiger partial charge in [0.1, 0.15) is 12.4 Å². The summed E-state index contributed by atoms with van der Waals surface area (Å²) in [4.78, 5) is 30.8. The Labute approximate surface area is 221 Å². The van der Waals surface area contributed by atoms with Gasteiger partial charge in [0.15, 0.2) is 10.9 Å². The van der Waals surface area contributed by atoms with Gasteiger partial charge in [0, 0.05) is 12.6 Å². The molecule has 3 aromatic rings. The normalized spacial score (nSPS) is 15.6. The van der Waals surface area contributed by atoms with E-state index in [2.05, 4.69) is 4.99 Å². The zero-order valence-corrected chi connectivity index (χ0v) is 21.5. The Morgan fingerprint density at radius 1 is 1.11 bits per heavy atom. The molecule has 4 rings (SSSR count). The molecule has 1 aliphatic heterocycles. The van der Waals surface area contributed by atoms with Crippen molar-refractivity contribution in [3.63, 3.8) is 0 Å². The van der Waals surface area contributed by atoms with Crippen molar-refractivity contribution in [2.75, 3.05) is 14.2 Å². The minimum absolute atomic E-state index is 0.0356. The Kier molecular flexibility index (Phi) is 7.98. The predicted octanol–water partition coefficient (Wildman–Crippen LogP) is 6.73. The lowest BCUT2D eigenvalue weighted by Gasteiger charge is -2.11. The van der Waals surface area contributed by atoms with E-state index in [1.54, 1.807) is 67.7 Å². The molecule has 0 atom stereocenters. The van der Waals surface area contributed by atoms with Gasteiger partial charge in [-0.15, -0.1) is 0 Å². The molecule has 1 saturated heterocycles. The zero-order chi connectivity index (χ0) is 25.8. The zero-order valence-electron chi connectivity index (χ0n) is 19.1. The number of amidine groups is 1. The molecule has 0 spiro atoms. The van der Waals surface area contributed by atoms with Crippen LogP contribution >= 0.6 is 35.0 Å². The van der Waals surface area contributed by atoms with Gasteiger partial charge in [-0.3, -0.25) is 9.69 Å². The van der Waals surface area contributed by atoms with Crippen LogP contribution in [0.3, 0.4) is 0 Å². The van der Waals surface area contributed by atoms with Crippen molar-refractivity contribution in [1.29, 1.82) is 0 Å². The van der Waals surface area contributed by atoms with Gasteiger partial charge in [-0.05, 0) is 65.9 Å². The number of amides is 1. The lowest BCUT2D eigenvalue weighted by Crippen LogP contribution is -2.23. The van der Waals surface area contributed by atoms with Gasteiger partial charge in [-0.25, -0.2) is 14.2 Å². The summed E-state index contributed by atoms with van der Waals surface area (Å²) in [5, 5.41) is 0.933. The number of carbonyl (C=O) groups excluding carboxylic acids is 2. The summed E-state index contributed by atoms with van der Waals surface area (Å²) in [5.41, 5.74) is 1.95. The number of thioether (sulfide) groups is 1. The SMILES string of the molecule is COC(=O)c1ccc(N=C2S/C(=C\c3cc(Cl)c(OCc4ccccc4F)c(Cl)c3)C(=O)N2C)cc1. The molecule has 0 aliphatic carbocycles. The average Bonchev–Trinajstić information content (AvgIpc) is 3.12. The molecule has 184 valence electrons. The number of ether oxygens (including phenoxy) is 2. The van der Waals surface area contributed by atoms with Crippen LogP contribution in [0.1, 0.15) is 21.5 Å². The largest absolute Gasteiger partial charge is 0.486 e. The fraction of sp³-hybridized carbons (Fsp3) is 0.115. The van der Waals surface area contributed by atoms with E-state index in [4.69, 9.17) is 32.7 Å². The van der Waals surface area contributed by atoms with E-state index in [1.807, 2.05) is 0 Å². The average molecular weight is 545 g/mol. The van der Waals surface area contributed by atoms with Gasteiger partial charge >= 0.3 is 5.97 Å². The van der Waals surface area contributed by atoms with Crippen molar-refractivity contribution >= 4 is 63.8 Å². The number of hydrogen-bond acceptors (Lipinski definition) is 6. The van der Waals surface area contributed by atoms with Gasteiger partial charge in [-0.2, -0.15) is 0 Å². The summed E-state index contributed by atoms with van der Waals surface area (Å²) in [6.45, 7) is -0.0356. The maximum absolute atomic E-state index is 13.9. The molecule has 1 amide bonds. The van der Waals surface area contributed by atoms with Crippen LogP contribution in [0.5, 0.6) is 5.75 Å². The minimum Gasteiger partial charge on any atom is -0.486 e. The van der Waals surface area contributed by atoms with Crippen molar-refractivity contribution in [2.45, 2.75) is 6.61 Å². The van der Waals surface area contributed by atoms with Gasteiger partial charge in [0.05, 0.1) is 33.3 Å². The number of likely N-dealkylation sites (N-methyl/N-ethyl adjacent to an activating group) is 1. The third-order valence-electron chi connectivity index (χ3n) is 5.16. The highest BCUT2D eigenvalue weighted by Crippen LogP contribution is 2.38. The molecule has 0 saturated carbocycles. The molecule has 0 radical (unpaired) electrons. The highest BCUT2D eigenvalue weighted by molar-refractivity contribution is 8.18. The van der Waals surface area contributed by atoms with Crippen LogP contribution in [0, 0.1) is 5.82 Å². The molecular formula is C26H19Cl2FN2O4S. The Morgan fingerprint density at radius 2 is 1.78 bits per heavy atom. The topological polar surface area (TPSA) is 68.2 Å². The second-order valence-electron chi connectivity index (χ2n) is 7.60. The maximum Gasteiger partial charge on any atom is 0.337 e. The summed E-state index contributed by atoms with van der Waals surface area (Å²) in [7, 11) is 2.93. The Balaban J connectivity index is 1.52. The van der Waals surface area contributed by atoms with Crippen LogP contribution in [-0.2, 0) is 16.1 Å². The lowest BCUT2D eigenvalue weighted by molar-refractivity contribution is -0.121. The Hall–Kier alpha value is -3.33. The number of nitrogens with zero attached hydrogens (tertiary/aromatic N) is 2. The number of hydrogen-bond donors (Lipinski definition) is 0. The van der Waals surface area contributed by atoms with E-state index in [1.165, 1.54) is 29.8 Å². The van der Waals surface area contributed by atoms with Crippen LogP contribution in [0.15, 0.2) is 70.6 Å². The van der Waals surface area contributed by atoms with Crippen LogP contribution in [0.25, 0.3) is 6.08 Å². The third kappa shape index (κ3) is 5.73. The number of carbonyl (C=O) groups is 2. The first kappa shape index (κ1) is 25.8. The Bertz CT molecular complexity index is 1370.